The molecule has 0 aromatic heterocycles. The molecule has 2 saturated heterocycles. The van der Waals surface area contributed by atoms with Crippen LogP contribution in [0, 0.1) is 17.7 Å². The highest BCUT2D eigenvalue weighted by molar-refractivity contribution is 5.89. The molecule has 2 aliphatic heterocycles. The fourth-order valence-corrected chi connectivity index (χ4v) is 3.73. The van der Waals surface area contributed by atoms with E-state index in [1.165, 1.54) is 12.1 Å². The zero-order chi connectivity index (χ0) is 18.4. The Bertz CT molecular complexity index is 634. The van der Waals surface area contributed by atoms with Gasteiger partial charge in [0.25, 0.3) is 0 Å². The number of anilines is 1. The minimum Gasteiger partial charge on any atom is -0.342 e. The molecule has 7 heteroatoms. The van der Waals surface area contributed by atoms with E-state index in [1.807, 2.05) is 4.90 Å². The van der Waals surface area contributed by atoms with Crippen LogP contribution < -0.4 is 16.0 Å². The highest BCUT2D eigenvalue weighted by atomic mass is 19.1. The number of urea groups is 1. The molecule has 3 rings (SSSR count). The first-order valence-corrected chi connectivity index (χ1v) is 9.42. The van der Waals surface area contributed by atoms with Gasteiger partial charge in [0.15, 0.2) is 0 Å². The van der Waals surface area contributed by atoms with E-state index in [2.05, 4.69) is 16.0 Å². The first-order chi connectivity index (χ1) is 12.6. The molecule has 2 unspecified atom stereocenters. The summed E-state index contributed by atoms with van der Waals surface area (Å²) in [6.07, 6.45) is 3.97. The SMILES string of the molecule is O=C(NCC1CCCN(C(=O)C2CCCNC2)C1)Nc1cccc(F)c1. The Morgan fingerprint density at radius 1 is 1.27 bits per heavy atom. The number of halogens is 1. The quantitative estimate of drug-likeness (QED) is 0.769. The van der Waals surface area contributed by atoms with Crippen molar-refractivity contribution in [2.24, 2.45) is 11.8 Å². The number of hydrogen-bond acceptors (Lipinski definition) is 3. The van der Waals surface area contributed by atoms with Crippen LogP contribution in [0.4, 0.5) is 14.9 Å². The van der Waals surface area contributed by atoms with Gasteiger partial charge in [-0.2, -0.15) is 0 Å². The third-order valence-electron chi connectivity index (χ3n) is 5.11. The molecule has 26 heavy (non-hydrogen) atoms. The van der Waals surface area contributed by atoms with E-state index in [4.69, 9.17) is 0 Å². The number of likely N-dealkylation sites (tertiary alicyclic amines) is 1. The number of amides is 3. The number of carbonyl (C=O) groups excluding carboxylic acids is 2. The van der Waals surface area contributed by atoms with Crippen LogP contribution in [-0.2, 0) is 4.79 Å². The Hall–Kier alpha value is -2.15. The molecule has 6 nitrogen and oxygen atoms in total. The van der Waals surface area contributed by atoms with Gasteiger partial charge in [0.2, 0.25) is 5.91 Å². The van der Waals surface area contributed by atoms with Crippen LogP contribution in [0.3, 0.4) is 0 Å². The van der Waals surface area contributed by atoms with E-state index in [0.29, 0.717) is 18.8 Å². The van der Waals surface area contributed by atoms with Gasteiger partial charge in [-0.25, -0.2) is 9.18 Å². The molecule has 0 aliphatic carbocycles. The van der Waals surface area contributed by atoms with Gasteiger partial charge >= 0.3 is 6.03 Å². The van der Waals surface area contributed by atoms with Crippen molar-refractivity contribution in [2.75, 3.05) is 38.0 Å². The first-order valence-electron chi connectivity index (χ1n) is 9.42. The van der Waals surface area contributed by atoms with Crippen LogP contribution in [0.2, 0.25) is 0 Å². The van der Waals surface area contributed by atoms with Gasteiger partial charge in [-0.15, -0.1) is 0 Å². The van der Waals surface area contributed by atoms with Gasteiger partial charge in [0.1, 0.15) is 5.82 Å². The maximum atomic E-state index is 13.2. The summed E-state index contributed by atoms with van der Waals surface area (Å²) >= 11 is 0. The van der Waals surface area contributed by atoms with Crippen molar-refractivity contribution in [3.8, 4) is 0 Å². The highest BCUT2D eigenvalue weighted by Gasteiger charge is 2.29. The lowest BCUT2D eigenvalue weighted by Gasteiger charge is -2.36. The molecule has 2 heterocycles. The number of benzene rings is 1. The highest BCUT2D eigenvalue weighted by Crippen LogP contribution is 2.20. The van der Waals surface area contributed by atoms with Crippen molar-refractivity contribution in [1.82, 2.24) is 15.5 Å². The number of carbonyl (C=O) groups is 2. The molecule has 0 saturated carbocycles. The van der Waals surface area contributed by atoms with Gasteiger partial charge in [-0.1, -0.05) is 6.07 Å². The van der Waals surface area contributed by atoms with Crippen LogP contribution in [0.15, 0.2) is 24.3 Å². The minimum atomic E-state index is -0.388. The molecule has 2 fully saturated rings. The maximum absolute atomic E-state index is 13.2. The van der Waals surface area contributed by atoms with Crippen molar-refractivity contribution < 1.29 is 14.0 Å². The number of hydrogen-bond donors (Lipinski definition) is 3. The summed E-state index contributed by atoms with van der Waals surface area (Å²) in [6, 6.07) is 5.45. The summed E-state index contributed by atoms with van der Waals surface area (Å²) in [5.41, 5.74) is 0.424. The van der Waals surface area contributed by atoms with E-state index < -0.39 is 0 Å². The van der Waals surface area contributed by atoms with Crippen LogP contribution in [0.5, 0.6) is 0 Å². The fourth-order valence-electron chi connectivity index (χ4n) is 3.73. The molecule has 3 N–H and O–H groups in total. The third kappa shape index (κ3) is 5.17. The fraction of sp³-hybridized carbons (Fsp3) is 0.579. The predicted octanol–water partition coefficient (Wildman–Crippen LogP) is 2.19. The number of rotatable bonds is 4. The molecular weight excluding hydrogens is 335 g/mol. The topological polar surface area (TPSA) is 73.5 Å². The summed E-state index contributed by atoms with van der Waals surface area (Å²) in [4.78, 5) is 26.6. The lowest BCUT2D eigenvalue weighted by molar-refractivity contribution is -0.137. The Morgan fingerprint density at radius 2 is 2.15 bits per heavy atom. The monoisotopic (exact) mass is 362 g/mol. The average Bonchev–Trinajstić information content (AvgIpc) is 2.67. The second kappa shape index (κ2) is 8.98. The predicted molar refractivity (Wildman–Crippen MR) is 98.3 cm³/mol. The Balaban J connectivity index is 1.44. The van der Waals surface area contributed by atoms with Crippen LogP contribution >= 0.6 is 0 Å². The van der Waals surface area contributed by atoms with E-state index in [1.54, 1.807) is 12.1 Å². The van der Waals surface area contributed by atoms with Crippen molar-refractivity contribution >= 4 is 17.6 Å². The smallest absolute Gasteiger partial charge is 0.319 e. The standard InChI is InChI=1S/C19H27FN4O2/c20-16-6-1-7-17(10-16)23-19(26)22-11-14-4-3-9-24(13-14)18(25)15-5-2-8-21-12-15/h1,6-7,10,14-15,21H,2-5,8-9,11-13H2,(H2,22,23,26). The molecule has 3 amide bonds. The van der Waals surface area contributed by atoms with Gasteiger partial charge in [0, 0.05) is 31.9 Å². The molecule has 1 aromatic carbocycles. The maximum Gasteiger partial charge on any atom is 0.319 e. The summed E-state index contributed by atoms with van der Waals surface area (Å²) < 4.78 is 13.2. The second-order valence-corrected chi connectivity index (χ2v) is 7.18. The zero-order valence-electron chi connectivity index (χ0n) is 15.0. The van der Waals surface area contributed by atoms with E-state index >= 15 is 0 Å². The number of nitrogens with one attached hydrogen (secondary N) is 3. The third-order valence-corrected chi connectivity index (χ3v) is 5.11. The summed E-state index contributed by atoms with van der Waals surface area (Å²) in [7, 11) is 0. The van der Waals surface area contributed by atoms with Gasteiger partial charge < -0.3 is 20.9 Å². The largest absolute Gasteiger partial charge is 0.342 e. The van der Waals surface area contributed by atoms with E-state index in [-0.39, 0.29) is 29.6 Å². The molecule has 142 valence electrons. The van der Waals surface area contributed by atoms with Crippen molar-refractivity contribution in [3.05, 3.63) is 30.1 Å². The van der Waals surface area contributed by atoms with Crippen molar-refractivity contribution in [2.45, 2.75) is 25.7 Å². The van der Waals surface area contributed by atoms with Crippen molar-refractivity contribution in [3.63, 3.8) is 0 Å². The zero-order valence-corrected chi connectivity index (χ0v) is 15.0. The summed E-state index contributed by atoms with van der Waals surface area (Å²) in [5.74, 6) is 0.196. The molecule has 1 aromatic rings. The average molecular weight is 362 g/mol. The Kier molecular flexibility index (Phi) is 6.44. The number of piperidine rings is 2. The minimum absolute atomic E-state index is 0.0896. The molecule has 2 atom stereocenters. The molecule has 0 radical (unpaired) electrons. The normalized spacial score (nSPS) is 23.3. The van der Waals surface area contributed by atoms with Crippen molar-refractivity contribution in [1.29, 1.82) is 0 Å². The summed E-state index contributed by atoms with van der Waals surface area (Å²) in [6.45, 7) is 3.77. The second-order valence-electron chi connectivity index (χ2n) is 7.18. The van der Waals surface area contributed by atoms with Crippen LogP contribution in [0.1, 0.15) is 25.7 Å². The molecule has 0 spiro atoms. The molecular formula is C19H27FN4O2. The molecule has 2 aliphatic rings. The lowest BCUT2D eigenvalue weighted by atomic mass is 9.93. The van der Waals surface area contributed by atoms with Crippen LogP contribution in [0.25, 0.3) is 0 Å². The molecule has 0 bridgehead atoms. The van der Waals surface area contributed by atoms with Crippen LogP contribution in [-0.4, -0.2) is 49.6 Å². The van der Waals surface area contributed by atoms with Gasteiger partial charge in [0.05, 0.1) is 5.92 Å². The first kappa shape index (κ1) is 18.6. The van der Waals surface area contributed by atoms with E-state index in [0.717, 1.165) is 45.3 Å². The van der Waals surface area contributed by atoms with Gasteiger partial charge in [-0.05, 0) is 56.3 Å². The van der Waals surface area contributed by atoms with E-state index in [9.17, 15) is 14.0 Å². The lowest BCUT2D eigenvalue weighted by Crippen LogP contribution is -2.48. The van der Waals surface area contributed by atoms with Gasteiger partial charge in [-0.3, -0.25) is 4.79 Å². The Labute approximate surface area is 153 Å². The summed E-state index contributed by atoms with van der Waals surface area (Å²) in [5, 5.41) is 8.76. The number of nitrogens with zero attached hydrogens (tertiary/aromatic N) is 1. The Morgan fingerprint density at radius 3 is 2.92 bits per heavy atom.